The summed E-state index contributed by atoms with van der Waals surface area (Å²) in [5, 5.41) is 3.64. The maximum atomic E-state index is 12.6. The molecule has 0 aromatic heterocycles. The number of allylic oxidation sites excluding steroid dienone is 2. The minimum absolute atomic E-state index is 0.0954. The van der Waals surface area contributed by atoms with Gasteiger partial charge in [0.25, 0.3) is 0 Å². The summed E-state index contributed by atoms with van der Waals surface area (Å²) in [7, 11) is -0.231. The van der Waals surface area contributed by atoms with Gasteiger partial charge >= 0.3 is 0 Å². The number of fused-ring (bicyclic) bond motifs is 3. The zero-order chi connectivity index (χ0) is 21.3. The normalized spacial score (nSPS) is 22.2. The van der Waals surface area contributed by atoms with Crippen molar-refractivity contribution in [1.29, 1.82) is 0 Å². The van der Waals surface area contributed by atoms with Gasteiger partial charge in [-0.3, -0.25) is 0 Å². The number of hydrogen-bond donors (Lipinski definition) is 2. The molecule has 1 aliphatic carbocycles. The van der Waals surface area contributed by atoms with E-state index in [2.05, 4.69) is 28.3 Å². The second-order valence-electron chi connectivity index (χ2n) is 7.74. The Morgan fingerprint density at radius 2 is 1.90 bits per heavy atom. The van der Waals surface area contributed by atoms with E-state index in [1.807, 2.05) is 31.2 Å². The molecule has 3 unspecified atom stereocenters. The molecule has 3 atom stereocenters. The largest absolute Gasteiger partial charge is 0.493 e. The zero-order valence-electron chi connectivity index (χ0n) is 17.5. The van der Waals surface area contributed by atoms with Gasteiger partial charge in [-0.2, -0.15) is 0 Å². The van der Waals surface area contributed by atoms with Crippen LogP contribution in [0.25, 0.3) is 0 Å². The molecule has 0 amide bonds. The van der Waals surface area contributed by atoms with Crippen molar-refractivity contribution in [3.05, 3.63) is 59.7 Å². The number of hydrogen-bond acceptors (Lipinski definition) is 5. The van der Waals surface area contributed by atoms with E-state index in [1.54, 1.807) is 20.3 Å². The second-order valence-corrected chi connectivity index (χ2v) is 9.50. The number of sulfonamides is 1. The summed E-state index contributed by atoms with van der Waals surface area (Å²) in [5.41, 5.74) is 3.13. The highest BCUT2D eigenvalue weighted by Gasteiger charge is 2.38. The summed E-state index contributed by atoms with van der Waals surface area (Å²) >= 11 is 0. The fraction of sp³-hybridized carbons (Fsp3) is 0.391. The molecule has 0 bridgehead atoms. The minimum atomic E-state index is -3.50. The van der Waals surface area contributed by atoms with Crippen LogP contribution in [0.2, 0.25) is 0 Å². The van der Waals surface area contributed by atoms with Gasteiger partial charge in [-0.1, -0.05) is 25.1 Å². The van der Waals surface area contributed by atoms with Crippen molar-refractivity contribution in [2.24, 2.45) is 5.92 Å². The first-order chi connectivity index (χ1) is 14.5. The molecule has 0 spiro atoms. The predicted molar refractivity (Wildman–Crippen MR) is 118 cm³/mol. The quantitative estimate of drug-likeness (QED) is 0.646. The topological polar surface area (TPSA) is 76.7 Å². The maximum Gasteiger partial charge on any atom is 0.240 e. The highest BCUT2D eigenvalue weighted by molar-refractivity contribution is 7.89. The standard InChI is InChI=1S/C23H28N2O4S/c1-4-12-24-30(26,27)16-9-10-20-19(14-16)17-6-5-7-18(17)23(25-20)15-8-11-21(28-2)22(13-15)29-3/h5-6,8-11,13-14,17-18,23-25H,4,7,12H2,1-3H3. The SMILES string of the molecule is CCCNS(=O)(=O)c1ccc2c(c1)C1C=CCC1C(c1ccc(OC)c(OC)c1)N2. The number of ether oxygens (including phenoxy) is 2. The minimum Gasteiger partial charge on any atom is -0.493 e. The van der Waals surface area contributed by atoms with Crippen LogP contribution in [0, 0.1) is 5.92 Å². The lowest BCUT2D eigenvalue weighted by Crippen LogP contribution is -2.30. The third-order valence-electron chi connectivity index (χ3n) is 5.95. The van der Waals surface area contributed by atoms with Gasteiger partial charge in [-0.25, -0.2) is 13.1 Å². The number of anilines is 1. The molecular formula is C23H28N2O4S. The lowest BCUT2D eigenvalue weighted by Gasteiger charge is -2.38. The Kier molecular flexibility index (Phi) is 5.75. The first kappa shape index (κ1) is 20.8. The maximum absolute atomic E-state index is 12.6. The van der Waals surface area contributed by atoms with Crippen LogP contribution < -0.4 is 19.5 Å². The van der Waals surface area contributed by atoms with E-state index >= 15 is 0 Å². The molecule has 7 heteroatoms. The van der Waals surface area contributed by atoms with E-state index in [0.717, 1.165) is 29.7 Å². The van der Waals surface area contributed by atoms with Crippen LogP contribution in [0.4, 0.5) is 5.69 Å². The average molecular weight is 429 g/mol. The molecule has 0 fully saturated rings. The predicted octanol–water partition coefficient (Wildman–Crippen LogP) is 4.22. The van der Waals surface area contributed by atoms with E-state index in [9.17, 15) is 8.42 Å². The molecule has 4 rings (SSSR count). The van der Waals surface area contributed by atoms with Crippen molar-refractivity contribution in [2.75, 3.05) is 26.1 Å². The van der Waals surface area contributed by atoms with Gasteiger partial charge in [-0.05, 0) is 60.2 Å². The summed E-state index contributed by atoms with van der Waals surface area (Å²) < 4.78 is 38.7. The van der Waals surface area contributed by atoms with Gasteiger partial charge in [0.15, 0.2) is 11.5 Å². The van der Waals surface area contributed by atoms with Crippen LogP contribution in [-0.2, 0) is 10.0 Å². The van der Waals surface area contributed by atoms with Crippen molar-refractivity contribution >= 4 is 15.7 Å². The summed E-state index contributed by atoms with van der Waals surface area (Å²) in [6.07, 6.45) is 6.08. The molecule has 0 saturated heterocycles. The Morgan fingerprint density at radius 3 is 2.63 bits per heavy atom. The van der Waals surface area contributed by atoms with Crippen molar-refractivity contribution in [3.63, 3.8) is 0 Å². The van der Waals surface area contributed by atoms with Crippen LogP contribution >= 0.6 is 0 Å². The van der Waals surface area contributed by atoms with Crippen LogP contribution in [0.15, 0.2) is 53.4 Å². The monoisotopic (exact) mass is 428 g/mol. The van der Waals surface area contributed by atoms with Crippen LogP contribution in [0.3, 0.4) is 0 Å². The molecule has 0 radical (unpaired) electrons. The average Bonchev–Trinajstić information content (AvgIpc) is 3.26. The third kappa shape index (κ3) is 3.68. The molecule has 160 valence electrons. The molecule has 2 aromatic carbocycles. The fourth-order valence-corrected chi connectivity index (χ4v) is 5.60. The van der Waals surface area contributed by atoms with Crippen molar-refractivity contribution in [3.8, 4) is 11.5 Å². The first-order valence-electron chi connectivity index (χ1n) is 10.3. The number of nitrogens with one attached hydrogen (secondary N) is 2. The van der Waals surface area contributed by atoms with Crippen molar-refractivity contribution < 1.29 is 17.9 Å². The van der Waals surface area contributed by atoms with Gasteiger partial charge in [0.05, 0.1) is 25.2 Å². The summed E-state index contributed by atoms with van der Waals surface area (Å²) in [4.78, 5) is 0.320. The van der Waals surface area contributed by atoms with Gasteiger partial charge in [-0.15, -0.1) is 0 Å². The van der Waals surface area contributed by atoms with E-state index < -0.39 is 10.0 Å². The van der Waals surface area contributed by atoms with Crippen LogP contribution in [0.5, 0.6) is 11.5 Å². The van der Waals surface area contributed by atoms with Crippen LogP contribution in [0.1, 0.15) is 42.9 Å². The lowest BCUT2D eigenvalue weighted by molar-refractivity contribution is 0.353. The number of benzene rings is 2. The molecule has 2 aliphatic rings. The molecule has 2 N–H and O–H groups in total. The smallest absolute Gasteiger partial charge is 0.240 e. The Labute approximate surface area is 178 Å². The molecule has 1 aliphatic heterocycles. The molecule has 30 heavy (non-hydrogen) atoms. The highest BCUT2D eigenvalue weighted by Crippen LogP contribution is 2.50. The second kappa shape index (κ2) is 8.32. The van der Waals surface area contributed by atoms with E-state index in [1.165, 1.54) is 0 Å². The molecule has 2 aromatic rings. The Hall–Kier alpha value is -2.51. The van der Waals surface area contributed by atoms with Crippen molar-refractivity contribution in [2.45, 2.75) is 36.6 Å². The molecular weight excluding hydrogens is 400 g/mol. The van der Waals surface area contributed by atoms with E-state index in [4.69, 9.17) is 9.47 Å². The number of methoxy groups -OCH3 is 2. The van der Waals surface area contributed by atoms with Gasteiger partial charge in [0.1, 0.15) is 0 Å². The summed E-state index contributed by atoms with van der Waals surface area (Å²) in [6, 6.07) is 11.5. The summed E-state index contributed by atoms with van der Waals surface area (Å²) in [5.74, 6) is 1.87. The molecule has 6 nitrogen and oxygen atoms in total. The summed E-state index contributed by atoms with van der Waals surface area (Å²) in [6.45, 7) is 2.38. The third-order valence-corrected chi connectivity index (χ3v) is 7.41. The first-order valence-corrected chi connectivity index (χ1v) is 11.8. The zero-order valence-corrected chi connectivity index (χ0v) is 18.3. The Morgan fingerprint density at radius 1 is 1.10 bits per heavy atom. The highest BCUT2D eigenvalue weighted by atomic mass is 32.2. The van der Waals surface area contributed by atoms with Gasteiger partial charge < -0.3 is 14.8 Å². The van der Waals surface area contributed by atoms with Crippen LogP contribution in [-0.4, -0.2) is 29.2 Å². The van der Waals surface area contributed by atoms with E-state index in [0.29, 0.717) is 28.9 Å². The fourth-order valence-electron chi connectivity index (χ4n) is 4.44. The molecule has 1 heterocycles. The molecule has 0 saturated carbocycles. The Balaban J connectivity index is 1.70. The van der Waals surface area contributed by atoms with Gasteiger partial charge in [0, 0.05) is 18.2 Å². The Bertz CT molecular complexity index is 1060. The number of rotatable bonds is 7. The van der Waals surface area contributed by atoms with E-state index in [-0.39, 0.29) is 12.0 Å². The lowest BCUT2D eigenvalue weighted by atomic mass is 9.77. The van der Waals surface area contributed by atoms with Gasteiger partial charge in [0.2, 0.25) is 10.0 Å². The van der Waals surface area contributed by atoms with Crippen molar-refractivity contribution in [1.82, 2.24) is 4.72 Å².